The standard InChI is InChI=1S/C18H28OSi/c1-14(2)20(15(3)4,16(5)6)19-13-12-18-10-8-17(7)9-11-18/h8-11,14-16H,1-7H3. The lowest BCUT2D eigenvalue weighted by Gasteiger charge is -2.39. The van der Waals surface area contributed by atoms with E-state index in [9.17, 15) is 0 Å². The van der Waals surface area contributed by atoms with Gasteiger partial charge in [-0.05, 0) is 41.6 Å². The number of rotatable bonds is 4. The second-order valence-corrected chi connectivity index (χ2v) is 11.9. The van der Waals surface area contributed by atoms with Gasteiger partial charge in [-0.25, -0.2) is 0 Å². The predicted molar refractivity (Wildman–Crippen MR) is 90.2 cm³/mol. The van der Waals surface area contributed by atoms with Crippen LogP contribution in [0.5, 0.6) is 0 Å². The third-order valence-corrected chi connectivity index (χ3v) is 10.1. The van der Waals surface area contributed by atoms with Gasteiger partial charge in [0.1, 0.15) is 6.11 Å². The summed E-state index contributed by atoms with van der Waals surface area (Å²) in [5.74, 6) is 3.15. The summed E-state index contributed by atoms with van der Waals surface area (Å²) in [6.07, 6.45) is 3.02. The molecule has 20 heavy (non-hydrogen) atoms. The van der Waals surface area contributed by atoms with E-state index in [0.29, 0.717) is 16.6 Å². The number of hydrogen-bond acceptors (Lipinski definition) is 1. The summed E-state index contributed by atoms with van der Waals surface area (Å²) in [5, 5.41) is 0. The fraction of sp³-hybridized carbons (Fsp3) is 0.556. The lowest BCUT2D eigenvalue weighted by Crippen LogP contribution is -2.46. The zero-order valence-electron chi connectivity index (χ0n) is 13.9. The SMILES string of the molecule is Cc1ccc(C#CO[Si](C(C)C)(C(C)C)C(C)C)cc1. The molecule has 0 heterocycles. The van der Waals surface area contributed by atoms with Gasteiger partial charge in [-0.3, -0.25) is 0 Å². The molecular formula is C18H28OSi. The van der Waals surface area contributed by atoms with Crippen LogP contribution in [-0.4, -0.2) is 8.32 Å². The fourth-order valence-electron chi connectivity index (χ4n) is 3.16. The van der Waals surface area contributed by atoms with Crippen LogP contribution in [0.4, 0.5) is 0 Å². The van der Waals surface area contributed by atoms with E-state index in [1.54, 1.807) is 0 Å². The van der Waals surface area contributed by atoms with E-state index in [-0.39, 0.29) is 0 Å². The van der Waals surface area contributed by atoms with E-state index in [2.05, 4.69) is 84.8 Å². The highest BCUT2D eigenvalue weighted by atomic mass is 28.4. The summed E-state index contributed by atoms with van der Waals surface area (Å²) in [6.45, 7) is 15.8. The highest BCUT2D eigenvalue weighted by molar-refractivity contribution is 6.77. The van der Waals surface area contributed by atoms with Crippen molar-refractivity contribution in [3.05, 3.63) is 35.4 Å². The molecule has 0 aliphatic carbocycles. The van der Waals surface area contributed by atoms with Crippen molar-refractivity contribution < 1.29 is 4.43 Å². The van der Waals surface area contributed by atoms with Gasteiger partial charge in [-0.15, -0.1) is 0 Å². The van der Waals surface area contributed by atoms with Crippen LogP contribution in [0.25, 0.3) is 0 Å². The first-order valence-corrected chi connectivity index (χ1v) is 9.70. The second-order valence-electron chi connectivity index (χ2n) is 6.51. The van der Waals surface area contributed by atoms with Gasteiger partial charge in [0.2, 0.25) is 0 Å². The van der Waals surface area contributed by atoms with Gasteiger partial charge in [0.15, 0.2) is 0 Å². The average molecular weight is 289 g/mol. The molecule has 0 unspecified atom stereocenters. The first-order valence-electron chi connectivity index (χ1n) is 7.56. The van der Waals surface area contributed by atoms with E-state index in [1.165, 1.54) is 5.56 Å². The van der Waals surface area contributed by atoms with Gasteiger partial charge in [-0.2, -0.15) is 0 Å². The quantitative estimate of drug-likeness (QED) is 0.525. The fourth-order valence-corrected chi connectivity index (χ4v) is 8.10. The molecule has 1 aromatic rings. The minimum Gasteiger partial charge on any atom is -0.499 e. The average Bonchev–Trinajstić information content (AvgIpc) is 2.35. The van der Waals surface area contributed by atoms with E-state index in [1.807, 2.05) is 0 Å². The van der Waals surface area contributed by atoms with Crippen LogP contribution in [0.1, 0.15) is 52.7 Å². The van der Waals surface area contributed by atoms with Crippen molar-refractivity contribution in [2.45, 2.75) is 65.1 Å². The van der Waals surface area contributed by atoms with E-state index >= 15 is 0 Å². The lowest BCUT2D eigenvalue weighted by atomic mass is 10.2. The molecule has 0 aliphatic rings. The van der Waals surface area contributed by atoms with Crippen LogP contribution < -0.4 is 0 Å². The molecule has 2 heteroatoms. The molecule has 1 aromatic carbocycles. The van der Waals surface area contributed by atoms with E-state index < -0.39 is 8.32 Å². The molecule has 0 aliphatic heterocycles. The normalized spacial score (nSPS) is 11.7. The van der Waals surface area contributed by atoms with Crippen LogP contribution in [0.3, 0.4) is 0 Å². The number of benzene rings is 1. The maximum absolute atomic E-state index is 6.23. The number of aryl methyl sites for hydroxylation is 1. The molecule has 0 amide bonds. The Balaban J connectivity index is 2.96. The van der Waals surface area contributed by atoms with Crippen LogP contribution in [0, 0.1) is 19.0 Å². The van der Waals surface area contributed by atoms with Crippen molar-refractivity contribution in [2.24, 2.45) is 0 Å². The van der Waals surface area contributed by atoms with Gasteiger partial charge < -0.3 is 4.43 Å². The van der Waals surface area contributed by atoms with E-state index in [0.717, 1.165) is 5.56 Å². The summed E-state index contributed by atoms with van der Waals surface area (Å²) >= 11 is 0. The van der Waals surface area contributed by atoms with Gasteiger partial charge in [-0.1, -0.05) is 59.2 Å². The van der Waals surface area contributed by atoms with Crippen molar-refractivity contribution in [3.63, 3.8) is 0 Å². The Labute approximate surface area is 125 Å². The highest BCUT2D eigenvalue weighted by Crippen LogP contribution is 2.41. The first-order chi connectivity index (χ1) is 9.30. The maximum Gasteiger partial charge on any atom is 0.272 e. The Kier molecular flexibility index (Phi) is 5.89. The Morgan fingerprint density at radius 2 is 1.30 bits per heavy atom. The van der Waals surface area contributed by atoms with Gasteiger partial charge in [0.25, 0.3) is 8.32 Å². The van der Waals surface area contributed by atoms with Crippen molar-refractivity contribution in [1.29, 1.82) is 0 Å². The Morgan fingerprint density at radius 1 is 0.850 bits per heavy atom. The molecular weight excluding hydrogens is 260 g/mol. The molecule has 0 saturated carbocycles. The molecule has 1 nitrogen and oxygen atoms in total. The summed E-state index contributed by atoms with van der Waals surface area (Å²) in [6, 6.07) is 8.27. The molecule has 0 aromatic heterocycles. The number of hydrogen-bond donors (Lipinski definition) is 0. The highest BCUT2D eigenvalue weighted by Gasteiger charge is 2.46. The molecule has 0 radical (unpaired) electrons. The topological polar surface area (TPSA) is 9.23 Å². The van der Waals surface area contributed by atoms with Crippen molar-refractivity contribution in [3.8, 4) is 12.0 Å². The molecule has 0 spiro atoms. The monoisotopic (exact) mass is 288 g/mol. The van der Waals surface area contributed by atoms with Crippen molar-refractivity contribution >= 4 is 8.32 Å². The van der Waals surface area contributed by atoms with Crippen LogP contribution in [0.15, 0.2) is 24.3 Å². The molecule has 0 fully saturated rings. The Bertz CT molecular complexity index is 453. The van der Waals surface area contributed by atoms with Crippen LogP contribution in [-0.2, 0) is 4.43 Å². The third-order valence-electron chi connectivity index (χ3n) is 4.18. The van der Waals surface area contributed by atoms with Crippen LogP contribution in [0.2, 0.25) is 16.6 Å². The zero-order valence-corrected chi connectivity index (χ0v) is 14.9. The molecule has 0 bridgehead atoms. The minimum atomic E-state index is -1.87. The maximum atomic E-state index is 6.23. The summed E-state index contributed by atoms with van der Waals surface area (Å²) < 4.78 is 6.23. The zero-order chi connectivity index (χ0) is 15.3. The molecule has 1 rings (SSSR count). The summed E-state index contributed by atoms with van der Waals surface area (Å²) in [5.41, 5.74) is 3.97. The minimum absolute atomic E-state index is 0.565. The lowest BCUT2D eigenvalue weighted by molar-refractivity contribution is 0.447. The predicted octanol–water partition coefficient (Wildman–Crippen LogP) is 5.50. The summed E-state index contributed by atoms with van der Waals surface area (Å²) in [7, 11) is -1.87. The molecule has 0 N–H and O–H groups in total. The Morgan fingerprint density at radius 3 is 1.70 bits per heavy atom. The molecule has 0 saturated heterocycles. The third kappa shape index (κ3) is 3.67. The van der Waals surface area contributed by atoms with Crippen molar-refractivity contribution in [2.75, 3.05) is 0 Å². The summed E-state index contributed by atoms with van der Waals surface area (Å²) in [4.78, 5) is 0. The van der Waals surface area contributed by atoms with E-state index in [4.69, 9.17) is 4.43 Å². The Hall–Kier alpha value is -1.20. The molecule has 0 atom stereocenters. The molecule has 110 valence electrons. The smallest absolute Gasteiger partial charge is 0.272 e. The van der Waals surface area contributed by atoms with Gasteiger partial charge in [0.05, 0.1) is 0 Å². The second kappa shape index (κ2) is 6.99. The largest absolute Gasteiger partial charge is 0.499 e. The van der Waals surface area contributed by atoms with Gasteiger partial charge >= 0.3 is 0 Å². The van der Waals surface area contributed by atoms with Crippen molar-refractivity contribution in [1.82, 2.24) is 0 Å². The van der Waals surface area contributed by atoms with Crippen LogP contribution >= 0.6 is 0 Å². The first kappa shape index (κ1) is 16.9. The van der Waals surface area contributed by atoms with Gasteiger partial charge in [0, 0.05) is 5.56 Å².